The molecule has 0 fully saturated rings. The fraction of sp³-hybridized carbons (Fsp3) is 0.154. The molecule has 2 N–H and O–H groups in total. The average molecular weight is 547 g/mol. The summed E-state index contributed by atoms with van der Waals surface area (Å²) in [7, 11) is 0. The second-order valence-corrected chi connectivity index (χ2v) is 8.61. The SMILES string of the molecule is CCC(CC(c1ccc([N+](=O)[O-])cc1)c1c(O)c2ccccc2oc1=O)=NNc1ccc([N+](=O)[O-])cc1[N+](=O)[O-]. The van der Waals surface area contributed by atoms with Crippen LogP contribution in [0.3, 0.4) is 0 Å². The molecule has 0 saturated heterocycles. The molecule has 4 rings (SSSR count). The second kappa shape index (κ2) is 11.4. The van der Waals surface area contributed by atoms with Crippen molar-refractivity contribution in [1.82, 2.24) is 0 Å². The number of nitrogens with zero attached hydrogens (tertiary/aromatic N) is 4. The van der Waals surface area contributed by atoms with Crippen LogP contribution in [0, 0.1) is 30.3 Å². The van der Waals surface area contributed by atoms with Gasteiger partial charge in [-0.2, -0.15) is 5.10 Å². The van der Waals surface area contributed by atoms with Gasteiger partial charge in [0.05, 0.1) is 31.8 Å². The van der Waals surface area contributed by atoms with Gasteiger partial charge in [0.2, 0.25) is 0 Å². The Labute approximate surface area is 224 Å². The zero-order valence-electron chi connectivity index (χ0n) is 20.8. The highest BCUT2D eigenvalue weighted by Crippen LogP contribution is 2.37. The van der Waals surface area contributed by atoms with Crippen molar-refractivity contribution in [1.29, 1.82) is 0 Å². The Morgan fingerprint density at radius 3 is 2.23 bits per heavy atom. The summed E-state index contributed by atoms with van der Waals surface area (Å²) in [5.74, 6) is -1.18. The van der Waals surface area contributed by atoms with Crippen molar-refractivity contribution in [2.24, 2.45) is 5.10 Å². The molecule has 14 nitrogen and oxygen atoms in total. The van der Waals surface area contributed by atoms with Gasteiger partial charge in [-0.05, 0) is 36.6 Å². The first-order valence-electron chi connectivity index (χ1n) is 11.8. The van der Waals surface area contributed by atoms with E-state index in [9.17, 15) is 40.2 Å². The zero-order chi connectivity index (χ0) is 29.0. The summed E-state index contributed by atoms with van der Waals surface area (Å²) < 4.78 is 5.45. The first kappa shape index (κ1) is 27.4. The number of benzene rings is 3. The fourth-order valence-electron chi connectivity index (χ4n) is 4.19. The predicted molar refractivity (Wildman–Crippen MR) is 145 cm³/mol. The summed E-state index contributed by atoms with van der Waals surface area (Å²) in [6, 6.07) is 14.9. The van der Waals surface area contributed by atoms with Crippen LogP contribution in [0.1, 0.15) is 36.8 Å². The van der Waals surface area contributed by atoms with Gasteiger partial charge in [0, 0.05) is 29.8 Å². The van der Waals surface area contributed by atoms with Crippen molar-refractivity contribution in [2.75, 3.05) is 5.43 Å². The summed E-state index contributed by atoms with van der Waals surface area (Å²) in [5, 5.41) is 49.4. The van der Waals surface area contributed by atoms with Crippen LogP contribution in [-0.4, -0.2) is 25.6 Å². The van der Waals surface area contributed by atoms with E-state index in [1.165, 1.54) is 30.3 Å². The molecule has 1 unspecified atom stereocenters. The molecule has 0 spiro atoms. The molecule has 0 aliphatic carbocycles. The summed E-state index contributed by atoms with van der Waals surface area (Å²) >= 11 is 0. The highest BCUT2D eigenvalue weighted by molar-refractivity contribution is 5.88. The number of anilines is 1. The lowest BCUT2D eigenvalue weighted by Crippen LogP contribution is -2.18. The van der Waals surface area contributed by atoms with Gasteiger partial charge in [0.25, 0.3) is 11.4 Å². The molecule has 0 radical (unpaired) electrons. The van der Waals surface area contributed by atoms with Gasteiger partial charge >= 0.3 is 11.3 Å². The van der Waals surface area contributed by atoms with E-state index in [1.54, 1.807) is 25.1 Å². The van der Waals surface area contributed by atoms with Crippen LogP contribution < -0.4 is 11.1 Å². The van der Waals surface area contributed by atoms with E-state index in [0.717, 1.165) is 18.2 Å². The highest BCUT2D eigenvalue weighted by atomic mass is 16.6. The Bertz CT molecular complexity index is 1710. The van der Waals surface area contributed by atoms with E-state index in [0.29, 0.717) is 23.1 Å². The largest absolute Gasteiger partial charge is 0.507 e. The first-order chi connectivity index (χ1) is 19.1. The van der Waals surface area contributed by atoms with E-state index in [4.69, 9.17) is 4.42 Å². The van der Waals surface area contributed by atoms with Gasteiger partial charge in [0.1, 0.15) is 17.0 Å². The molecule has 0 amide bonds. The molecule has 1 atom stereocenters. The maximum Gasteiger partial charge on any atom is 0.343 e. The van der Waals surface area contributed by atoms with Gasteiger partial charge in [-0.15, -0.1) is 0 Å². The minimum absolute atomic E-state index is 0.0126. The number of para-hydroxylation sites is 1. The van der Waals surface area contributed by atoms with E-state index >= 15 is 0 Å². The molecular formula is C26H21N5O9. The number of hydrogen-bond acceptors (Lipinski definition) is 11. The lowest BCUT2D eigenvalue weighted by Gasteiger charge is -2.19. The number of nitro groups is 3. The highest BCUT2D eigenvalue weighted by Gasteiger charge is 2.27. The Balaban J connectivity index is 1.78. The van der Waals surface area contributed by atoms with Crippen LogP contribution in [0.4, 0.5) is 22.7 Å². The quantitative estimate of drug-likeness (QED) is 0.108. The minimum Gasteiger partial charge on any atom is -0.507 e. The summed E-state index contributed by atoms with van der Waals surface area (Å²) in [4.78, 5) is 44.7. The molecule has 204 valence electrons. The van der Waals surface area contributed by atoms with Gasteiger partial charge < -0.3 is 9.52 Å². The summed E-state index contributed by atoms with van der Waals surface area (Å²) in [6.45, 7) is 1.75. The number of non-ortho nitro benzene ring substituents is 2. The Morgan fingerprint density at radius 2 is 1.60 bits per heavy atom. The molecule has 0 aliphatic rings. The third-order valence-electron chi connectivity index (χ3n) is 6.25. The van der Waals surface area contributed by atoms with Crippen molar-refractivity contribution in [3.63, 3.8) is 0 Å². The molecule has 14 heteroatoms. The molecule has 3 aromatic carbocycles. The van der Waals surface area contributed by atoms with Crippen LogP contribution >= 0.6 is 0 Å². The molecule has 4 aromatic rings. The molecular weight excluding hydrogens is 526 g/mol. The zero-order valence-corrected chi connectivity index (χ0v) is 20.8. The van der Waals surface area contributed by atoms with E-state index in [-0.39, 0.29) is 34.7 Å². The number of nitrogens with one attached hydrogen (secondary N) is 1. The molecule has 0 bridgehead atoms. The standard InChI is InChI=1S/C26H21N5O9/c1-2-16(27-28-21-12-11-18(30(36)37)14-22(21)31(38)39)13-20(15-7-9-17(10-8-15)29(34)35)24-25(32)19-5-3-4-6-23(19)40-26(24)33/h3-12,14,20,28,32H,2,13H2,1H3. The van der Waals surface area contributed by atoms with E-state index in [2.05, 4.69) is 10.5 Å². The van der Waals surface area contributed by atoms with Crippen LogP contribution in [0.2, 0.25) is 0 Å². The molecule has 1 heterocycles. The minimum atomic E-state index is -0.867. The number of fused-ring (bicyclic) bond motifs is 1. The first-order valence-corrected chi connectivity index (χ1v) is 11.8. The van der Waals surface area contributed by atoms with Crippen molar-refractivity contribution in [3.8, 4) is 5.75 Å². The Kier molecular flexibility index (Phi) is 7.79. The second-order valence-electron chi connectivity index (χ2n) is 8.61. The molecule has 0 saturated carbocycles. The lowest BCUT2D eigenvalue weighted by molar-refractivity contribution is -0.393. The molecule has 0 aliphatic heterocycles. The van der Waals surface area contributed by atoms with Crippen molar-refractivity contribution in [2.45, 2.75) is 25.7 Å². The molecule has 1 aromatic heterocycles. The van der Waals surface area contributed by atoms with Crippen LogP contribution in [-0.2, 0) is 0 Å². The van der Waals surface area contributed by atoms with Gasteiger partial charge in [-0.25, -0.2) is 4.79 Å². The van der Waals surface area contributed by atoms with Crippen molar-refractivity contribution >= 4 is 39.4 Å². The number of rotatable bonds is 10. The van der Waals surface area contributed by atoms with Crippen LogP contribution in [0.25, 0.3) is 11.0 Å². The van der Waals surface area contributed by atoms with Crippen LogP contribution in [0.15, 0.2) is 81.0 Å². The number of nitro benzene ring substituents is 3. The smallest absolute Gasteiger partial charge is 0.343 e. The third-order valence-corrected chi connectivity index (χ3v) is 6.25. The maximum atomic E-state index is 13.1. The number of hydrazone groups is 1. The fourth-order valence-corrected chi connectivity index (χ4v) is 4.19. The Morgan fingerprint density at radius 1 is 0.950 bits per heavy atom. The molecule has 40 heavy (non-hydrogen) atoms. The lowest BCUT2D eigenvalue weighted by atomic mass is 9.86. The van der Waals surface area contributed by atoms with Gasteiger partial charge in [-0.3, -0.25) is 35.8 Å². The maximum absolute atomic E-state index is 13.1. The summed E-state index contributed by atoms with van der Waals surface area (Å²) in [6.07, 6.45) is 0.315. The topological polar surface area (TPSA) is 204 Å². The average Bonchev–Trinajstić information content (AvgIpc) is 2.94. The summed E-state index contributed by atoms with van der Waals surface area (Å²) in [5.41, 5.74) is 1.41. The number of hydrogen-bond donors (Lipinski definition) is 2. The normalized spacial score (nSPS) is 12.2. The predicted octanol–water partition coefficient (Wildman–Crippen LogP) is 5.62. The van der Waals surface area contributed by atoms with Gasteiger partial charge in [0.15, 0.2) is 0 Å². The van der Waals surface area contributed by atoms with Crippen molar-refractivity contribution < 1.29 is 24.3 Å². The third kappa shape index (κ3) is 5.60. The monoisotopic (exact) mass is 547 g/mol. The van der Waals surface area contributed by atoms with E-state index < -0.39 is 37.7 Å². The van der Waals surface area contributed by atoms with Gasteiger partial charge in [-0.1, -0.05) is 31.2 Å². The van der Waals surface area contributed by atoms with E-state index in [1.807, 2.05) is 0 Å². The van der Waals surface area contributed by atoms with Crippen LogP contribution in [0.5, 0.6) is 5.75 Å². The Hall–Kier alpha value is -5.66. The van der Waals surface area contributed by atoms with Crippen molar-refractivity contribution in [3.05, 3.63) is 119 Å². The number of aromatic hydroxyl groups is 1.